The Bertz CT molecular complexity index is 2120. The van der Waals surface area contributed by atoms with Crippen LogP contribution in [0.25, 0.3) is 0 Å². The maximum absolute atomic E-state index is 11.6. The summed E-state index contributed by atoms with van der Waals surface area (Å²) in [5.74, 6) is -4.57. The first-order valence-electron chi connectivity index (χ1n) is 28.3. The number of methoxy groups -OCH3 is 1. The number of rotatable bonds is 34. The molecule has 0 aliphatic heterocycles. The van der Waals surface area contributed by atoms with Crippen LogP contribution in [0.3, 0.4) is 0 Å². The van der Waals surface area contributed by atoms with Gasteiger partial charge in [-0.25, -0.2) is 38.4 Å². The highest BCUT2D eigenvalue weighted by molar-refractivity contribution is 6.75. The maximum Gasteiger partial charge on any atom is 0.371 e. The third kappa shape index (κ3) is 73.7. The van der Waals surface area contributed by atoms with Crippen LogP contribution in [0.5, 0.6) is 0 Å². The molecule has 89 heavy (non-hydrogen) atoms. The minimum Gasteiger partial charge on any atom is -0.520 e. The van der Waals surface area contributed by atoms with Gasteiger partial charge in [0.25, 0.3) is 20.3 Å². The van der Waals surface area contributed by atoms with Gasteiger partial charge in [-0.2, -0.15) is 0 Å². The van der Waals surface area contributed by atoms with Gasteiger partial charge >= 0.3 is 47.8 Å². The molecule has 0 aromatic rings. The van der Waals surface area contributed by atoms with E-state index in [0.29, 0.717) is 59.1 Å². The summed E-state index contributed by atoms with van der Waals surface area (Å²) in [4.78, 5) is 117. The van der Waals surface area contributed by atoms with Crippen molar-refractivity contribution in [2.45, 2.75) is 156 Å². The van der Waals surface area contributed by atoms with Gasteiger partial charge in [-0.05, 0) is 94.8 Å². The van der Waals surface area contributed by atoms with Crippen molar-refractivity contribution >= 4 is 99.2 Å². The van der Waals surface area contributed by atoms with Gasteiger partial charge in [0.15, 0.2) is 16.6 Å². The van der Waals surface area contributed by atoms with E-state index in [1.807, 2.05) is 39.7 Å². The van der Waals surface area contributed by atoms with Crippen LogP contribution in [0.1, 0.15) is 80.6 Å². The minimum absolute atomic E-state index is 0.0134. The van der Waals surface area contributed by atoms with Gasteiger partial charge in [-0.1, -0.05) is 94.5 Å². The standard InChI is InChI=1S/C12H22O4Si.C11H22O3Si.C9H12O5.C9H16O4Si.C8H16O3Si.C6H10O3.C6H10O2/c1-7-10(13)15-9-8-11(14)16-17(5,6)12(2,3)4;1-7-10(12)13-8-9-14-15(5,6)11(2,3)4;1-2-8(11)13-5-3-4-6-14-9(12)7-10;1-5-8(10)12-7-6-9(11)13-14(2,3)4;1-5-8(9)10-6-7-11-12(2,3)4;1-3-6(7)9-5-4-8-2;1-3-5-8-6(7)4-2/h7H,1,8-9H2,2-6H3;7H,1,8-9H2,2-6H3;2,7H,1,3-6H2;5H,1,6-7H2,2-4H3;5H,1,6-7H2,2-4H3;3H,1,4-5H2,2H3;4H,2-3,5H2,1H3. The van der Waals surface area contributed by atoms with E-state index in [1.54, 1.807) is 7.11 Å². The third-order valence-corrected chi connectivity index (χ3v) is 21.2. The van der Waals surface area contributed by atoms with Gasteiger partial charge < -0.3 is 60.3 Å². The minimum atomic E-state index is -2.06. The number of hydrogen-bond acceptors (Lipinski definition) is 24. The van der Waals surface area contributed by atoms with Crippen molar-refractivity contribution in [2.75, 3.05) is 79.8 Å². The monoisotopic (exact) mass is 1340 g/mol. The van der Waals surface area contributed by atoms with Crippen molar-refractivity contribution in [3.8, 4) is 0 Å². The number of carbonyl (C=O) groups is 11. The Morgan fingerprint density at radius 1 is 0.348 bits per heavy atom. The highest BCUT2D eigenvalue weighted by atomic mass is 28.4. The second-order valence-electron chi connectivity index (χ2n) is 22.5. The summed E-state index contributed by atoms with van der Waals surface area (Å²) < 4.78 is 63.7. The molecule has 0 aliphatic rings. The van der Waals surface area contributed by atoms with Crippen LogP contribution in [-0.4, -0.2) is 179 Å². The molecule has 0 radical (unpaired) electrons. The summed E-state index contributed by atoms with van der Waals surface area (Å²) in [5.41, 5.74) is 0. The second-order valence-corrected chi connectivity index (χ2v) is 41.0. The zero-order chi connectivity index (χ0) is 70.9. The van der Waals surface area contributed by atoms with Crippen molar-refractivity contribution in [1.29, 1.82) is 0 Å². The van der Waals surface area contributed by atoms with E-state index in [1.165, 1.54) is 0 Å². The summed E-state index contributed by atoms with van der Waals surface area (Å²) in [7, 11) is -5.50. The number of carbonyl (C=O) groups excluding carboxylic acids is 11. The molecule has 0 spiro atoms. The predicted octanol–water partition coefficient (Wildman–Crippen LogP) is 10.2. The summed E-state index contributed by atoms with van der Waals surface area (Å²) in [5, 5.41) is 0.176. The topological polar surface area (TPSA) is 308 Å². The first-order valence-corrected chi connectivity index (χ1v) is 40.9. The molecule has 0 saturated carbocycles. The Labute approximate surface area is 534 Å². The van der Waals surface area contributed by atoms with Gasteiger partial charge in [0.2, 0.25) is 14.6 Å². The molecule has 0 rings (SSSR count). The van der Waals surface area contributed by atoms with Gasteiger partial charge in [0.1, 0.15) is 33.0 Å². The molecule has 0 aliphatic carbocycles. The first-order chi connectivity index (χ1) is 40.9. The quantitative estimate of drug-likeness (QED) is 0.0110. The molecular weight excluding hydrogens is 1230 g/mol. The fraction of sp³-hybridized carbons (Fsp3) is 0.590. The van der Waals surface area contributed by atoms with E-state index in [-0.39, 0.29) is 73.5 Å². The smallest absolute Gasteiger partial charge is 0.371 e. The molecule has 512 valence electrons. The van der Waals surface area contributed by atoms with Crippen LogP contribution in [0.4, 0.5) is 0 Å². The number of unbranched alkanes of at least 4 members (excludes halogenated alkanes) is 1. The van der Waals surface area contributed by atoms with Crippen molar-refractivity contribution in [3.63, 3.8) is 0 Å². The zero-order valence-electron chi connectivity index (χ0n) is 56.7. The summed E-state index contributed by atoms with van der Waals surface area (Å²) in [6, 6.07) is 0. The van der Waals surface area contributed by atoms with Crippen molar-refractivity contribution in [2.24, 2.45) is 0 Å². The first kappa shape index (κ1) is 95.9. The second kappa shape index (κ2) is 56.5. The Kier molecular flexibility index (Phi) is 60.9. The van der Waals surface area contributed by atoms with Crippen molar-refractivity contribution in [3.05, 3.63) is 88.6 Å². The van der Waals surface area contributed by atoms with Crippen LogP contribution >= 0.6 is 0 Å². The van der Waals surface area contributed by atoms with Crippen LogP contribution in [0.2, 0.25) is 75.5 Å². The molecule has 0 atom stereocenters. The Hall–Kier alpha value is -6.70. The summed E-state index contributed by atoms with van der Waals surface area (Å²) in [6.07, 6.45) is 10.1. The van der Waals surface area contributed by atoms with Crippen LogP contribution in [-0.2, 0) is 113 Å². The molecular formula is C61H108O24Si4. The van der Waals surface area contributed by atoms with E-state index in [2.05, 4.69) is 149 Å². The Morgan fingerprint density at radius 2 is 0.629 bits per heavy atom. The lowest BCUT2D eigenvalue weighted by atomic mass is 10.2. The van der Waals surface area contributed by atoms with Gasteiger partial charge in [-0.3, -0.25) is 14.4 Å². The Morgan fingerprint density at radius 3 is 0.910 bits per heavy atom. The SMILES string of the molecule is C=CC(=O)OCCC.C=CC(=O)OCCC(=O)O[Si](C)(C)C.C=CC(=O)OCCC(=O)O[Si](C)(C)C(C)(C)C.C=CC(=O)OCCCCOC(=O)C=O.C=CC(=O)OCCOC.C=CC(=O)OCCO[Si](C)(C)C.C=CC(=O)OCCO[Si](C)(C)C(C)(C)C. The van der Waals surface area contributed by atoms with Crippen LogP contribution in [0, 0.1) is 0 Å². The molecule has 0 heterocycles. The maximum atomic E-state index is 11.6. The molecule has 0 amide bonds. The average molecular weight is 1340 g/mol. The largest absolute Gasteiger partial charge is 0.520 e. The molecule has 24 nitrogen and oxygen atoms in total. The fourth-order valence-electron chi connectivity index (χ4n) is 3.92. The molecule has 0 unspecified atom stereocenters. The number of hydrogen-bond donors (Lipinski definition) is 0. The molecule has 0 aromatic carbocycles. The molecule has 0 saturated heterocycles. The summed E-state index contributed by atoms with van der Waals surface area (Å²) in [6.45, 7) is 61.1. The average Bonchev–Trinajstić information content (AvgIpc) is 1.91. The molecule has 0 bridgehead atoms. The predicted molar refractivity (Wildman–Crippen MR) is 351 cm³/mol. The molecule has 0 N–H and O–H groups in total. The molecule has 28 heteroatoms. The number of ether oxygens (including phenoxy) is 9. The summed E-state index contributed by atoms with van der Waals surface area (Å²) >= 11 is 0. The normalized spacial score (nSPS) is 10.4. The van der Waals surface area contributed by atoms with Crippen LogP contribution in [0.15, 0.2) is 88.6 Å². The van der Waals surface area contributed by atoms with E-state index in [0.717, 1.165) is 49.0 Å². The van der Waals surface area contributed by atoms with E-state index in [9.17, 15) is 52.7 Å². The van der Waals surface area contributed by atoms with Gasteiger partial charge in [-0.15, -0.1) is 0 Å². The Balaban J connectivity index is -0.000000178. The zero-order valence-corrected chi connectivity index (χ0v) is 60.7. The van der Waals surface area contributed by atoms with E-state index < -0.39 is 75.1 Å². The number of esters is 8. The van der Waals surface area contributed by atoms with E-state index >= 15 is 0 Å². The number of aldehydes is 1. The van der Waals surface area contributed by atoms with Crippen molar-refractivity contribution < 1.29 is 113 Å². The molecule has 0 aromatic heterocycles. The third-order valence-electron chi connectivity index (χ3n) is 10.4. The lowest BCUT2D eigenvalue weighted by molar-refractivity contribution is -0.149. The van der Waals surface area contributed by atoms with Gasteiger partial charge in [0.05, 0.1) is 52.5 Å². The van der Waals surface area contributed by atoms with Crippen LogP contribution < -0.4 is 0 Å². The fourth-order valence-corrected chi connectivity index (χ4v) is 7.41. The lowest BCUT2D eigenvalue weighted by Gasteiger charge is -2.36. The molecule has 0 fully saturated rings. The lowest BCUT2D eigenvalue weighted by Crippen LogP contribution is -2.42. The highest BCUT2D eigenvalue weighted by Crippen LogP contribution is 2.37. The van der Waals surface area contributed by atoms with E-state index in [4.69, 9.17) is 31.9 Å². The highest BCUT2D eigenvalue weighted by Gasteiger charge is 2.40. The van der Waals surface area contributed by atoms with Gasteiger partial charge in [0, 0.05) is 49.6 Å². The van der Waals surface area contributed by atoms with Crippen molar-refractivity contribution in [1.82, 2.24) is 0 Å².